The fraction of sp³-hybridized carbons (Fsp3) is 0.400. The lowest BCUT2D eigenvalue weighted by atomic mass is 10.2. The van der Waals surface area contributed by atoms with Crippen molar-refractivity contribution in [3.63, 3.8) is 0 Å². The van der Waals surface area contributed by atoms with Gasteiger partial charge in [0.15, 0.2) is 0 Å². The van der Waals surface area contributed by atoms with Gasteiger partial charge in [0, 0.05) is 19.2 Å². The summed E-state index contributed by atoms with van der Waals surface area (Å²) >= 11 is 0. The molecule has 1 aromatic rings. The van der Waals surface area contributed by atoms with Crippen molar-refractivity contribution in [1.82, 2.24) is 14.9 Å². The molecule has 0 aromatic carbocycles. The molecule has 96 valence electrons. The van der Waals surface area contributed by atoms with Gasteiger partial charge in [0.2, 0.25) is 0 Å². The summed E-state index contributed by atoms with van der Waals surface area (Å²) in [6, 6.07) is -1.07. The van der Waals surface area contributed by atoms with E-state index in [1.807, 2.05) is 0 Å². The topological polar surface area (TPSA) is 124 Å². The maximum Gasteiger partial charge on any atom is 0.326 e. The molecule has 0 saturated carbocycles. The van der Waals surface area contributed by atoms with Gasteiger partial charge in [0.05, 0.1) is 12.3 Å². The number of aromatic nitrogens is 2. The predicted molar refractivity (Wildman–Crippen MR) is 57.9 cm³/mol. The molecular formula is C10H11N3O5. The Morgan fingerprint density at radius 2 is 2.22 bits per heavy atom. The zero-order chi connectivity index (χ0) is 13.3. The average molecular weight is 253 g/mol. The molecule has 2 rings (SSSR count). The Balaban J connectivity index is 2.25. The monoisotopic (exact) mass is 253 g/mol. The minimum Gasteiger partial charge on any atom is -0.480 e. The van der Waals surface area contributed by atoms with E-state index >= 15 is 0 Å². The highest BCUT2D eigenvalue weighted by molar-refractivity contribution is 5.95. The van der Waals surface area contributed by atoms with Crippen LogP contribution in [0.4, 0.5) is 0 Å². The molecule has 0 bridgehead atoms. The van der Waals surface area contributed by atoms with Gasteiger partial charge in [-0.3, -0.25) is 9.59 Å². The van der Waals surface area contributed by atoms with Gasteiger partial charge in [-0.25, -0.2) is 9.78 Å². The van der Waals surface area contributed by atoms with Gasteiger partial charge in [0.1, 0.15) is 11.7 Å². The highest BCUT2D eigenvalue weighted by Crippen LogP contribution is 2.19. The molecule has 2 unspecified atom stereocenters. The lowest BCUT2D eigenvalue weighted by Gasteiger charge is -2.20. The van der Waals surface area contributed by atoms with E-state index in [-0.39, 0.29) is 18.7 Å². The van der Waals surface area contributed by atoms with E-state index in [9.17, 15) is 19.5 Å². The first-order chi connectivity index (χ1) is 8.49. The Morgan fingerprint density at radius 1 is 1.50 bits per heavy atom. The molecule has 3 N–H and O–H groups in total. The fourth-order valence-electron chi connectivity index (χ4n) is 1.88. The van der Waals surface area contributed by atoms with E-state index in [0.717, 1.165) is 17.3 Å². The molecule has 0 aliphatic carbocycles. The number of carboxylic acid groups (broad SMARTS) is 1. The quantitative estimate of drug-likeness (QED) is 0.585. The van der Waals surface area contributed by atoms with Crippen molar-refractivity contribution in [2.75, 3.05) is 6.54 Å². The molecule has 1 aliphatic heterocycles. The summed E-state index contributed by atoms with van der Waals surface area (Å²) in [6.45, 7) is -0.0589. The van der Waals surface area contributed by atoms with Crippen LogP contribution in [0, 0.1) is 0 Å². The van der Waals surface area contributed by atoms with Crippen LogP contribution in [0.15, 0.2) is 17.2 Å². The number of carbonyl (C=O) groups is 2. The molecule has 1 amide bonds. The van der Waals surface area contributed by atoms with Gasteiger partial charge in [0.25, 0.3) is 11.5 Å². The van der Waals surface area contributed by atoms with E-state index in [0.29, 0.717) is 0 Å². The number of aliphatic hydroxyl groups is 1. The van der Waals surface area contributed by atoms with Crippen LogP contribution in [0.5, 0.6) is 0 Å². The molecule has 1 aliphatic rings. The third kappa shape index (κ3) is 2.23. The number of likely N-dealkylation sites (tertiary alicyclic amines) is 1. The Hall–Kier alpha value is -2.22. The lowest BCUT2D eigenvalue weighted by molar-refractivity contribution is -0.141. The van der Waals surface area contributed by atoms with Gasteiger partial charge in [-0.2, -0.15) is 0 Å². The number of carboxylic acids is 1. The summed E-state index contributed by atoms with van der Waals surface area (Å²) in [7, 11) is 0. The van der Waals surface area contributed by atoms with E-state index < -0.39 is 29.6 Å². The molecule has 0 radical (unpaired) electrons. The van der Waals surface area contributed by atoms with Crippen LogP contribution < -0.4 is 5.56 Å². The largest absolute Gasteiger partial charge is 0.480 e. The summed E-state index contributed by atoms with van der Waals surface area (Å²) in [5, 5.41) is 18.4. The first kappa shape index (κ1) is 12.2. The summed E-state index contributed by atoms with van der Waals surface area (Å²) in [4.78, 5) is 40.7. The third-order valence-electron chi connectivity index (χ3n) is 2.72. The summed E-state index contributed by atoms with van der Waals surface area (Å²) in [5.41, 5.74) is -0.516. The van der Waals surface area contributed by atoms with Crippen LogP contribution in [0.2, 0.25) is 0 Å². The highest BCUT2D eigenvalue weighted by Gasteiger charge is 2.39. The van der Waals surface area contributed by atoms with Crippen LogP contribution in [-0.2, 0) is 4.79 Å². The van der Waals surface area contributed by atoms with E-state index in [4.69, 9.17) is 5.11 Å². The van der Waals surface area contributed by atoms with E-state index in [1.54, 1.807) is 0 Å². The average Bonchev–Trinajstić information content (AvgIpc) is 2.71. The molecular weight excluding hydrogens is 242 g/mol. The molecule has 8 nitrogen and oxygen atoms in total. The highest BCUT2D eigenvalue weighted by atomic mass is 16.4. The lowest BCUT2D eigenvalue weighted by Crippen LogP contribution is -2.41. The number of aliphatic carboxylic acids is 1. The number of amides is 1. The fourth-order valence-corrected chi connectivity index (χ4v) is 1.88. The number of nitrogens with one attached hydrogen (secondary N) is 1. The number of β-amino-alcohol motifs (C(OH)–C–C–N with tert-alkyl or cyclic N) is 1. The van der Waals surface area contributed by atoms with Crippen LogP contribution in [0.25, 0.3) is 0 Å². The van der Waals surface area contributed by atoms with Gasteiger partial charge in [-0.1, -0.05) is 0 Å². The number of rotatable bonds is 2. The van der Waals surface area contributed by atoms with Gasteiger partial charge in [-0.15, -0.1) is 0 Å². The number of nitrogens with zero attached hydrogens (tertiary/aromatic N) is 2. The van der Waals surface area contributed by atoms with Crippen molar-refractivity contribution in [2.45, 2.75) is 18.6 Å². The van der Waals surface area contributed by atoms with Crippen molar-refractivity contribution < 1.29 is 19.8 Å². The standard InChI is InChI=1S/C10H11N3O5/c14-5-1-7(10(17)18)13(4-5)9(16)6-2-12-8(15)3-11-6/h2-3,5,7,14H,1,4H2,(H,12,15)(H,17,18). The van der Waals surface area contributed by atoms with E-state index in [2.05, 4.69) is 9.97 Å². The summed E-state index contributed by atoms with van der Waals surface area (Å²) in [5.74, 6) is -1.81. The summed E-state index contributed by atoms with van der Waals surface area (Å²) < 4.78 is 0. The Morgan fingerprint density at radius 3 is 2.78 bits per heavy atom. The first-order valence-corrected chi connectivity index (χ1v) is 5.25. The van der Waals surface area contributed by atoms with Crippen LogP contribution in [0.3, 0.4) is 0 Å². The second-order valence-electron chi connectivity index (χ2n) is 4.00. The molecule has 8 heteroatoms. The SMILES string of the molecule is O=C(O)C1CC(O)CN1C(=O)c1c[nH]c(=O)cn1. The first-order valence-electron chi connectivity index (χ1n) is 5.25. The van der Waals surface area contributed by atoms with Gasteiger partial charge >= 0.3 is 5.97 Å². The molecule has 1 aromatic heterocycles. The maximum atomic E-state index is 12.0. The van der Waals surface area contributed by atoms with Crippen LogP contribution >= 0.6 is 0 Å². The molecule has 0 spiro atoms. The molecule has 18 heavy (non-hydrogen) atoms. The van der Waals surface area contributed by atoms with Crippen molar-refractivity contribution >= 4 is 11.9 Å². The van der Waals surface area contributed by atoms with Crippen LogP contribution in [0.1, 0.15) is 16.9 Å². The van der Waals surface area contributed by atoms with Crippen molar-refractivity contribution in [2.24, 2.45) is 0 Å². The Labute approximate surface area is 101 Å². The van der Waals surface area contributed by atoms with Crippen molar-refractivity contribution in [1.29, 1.82) is 0 Å². The van der Waals surface area contributed by atoms with Gasteiger partial charge in [-0.05, 0) is 0 Å². The Bertz CT molecular complexity index is 520. The molecule has 2 atom stereocenters. The number of aliphatic hydroxyl groups excluding tert-OH is 1. The second kappa shape index (κ2) is 4.57. The second-order valence-corrected chi connectivity index (χ2v) is 4.00. The number of aromatic amines is 1. The minimum atomic E-state index is -1.18. The third-order valence-corrected chi connectivity index (χ3v) is 2.72. The molecule has 1 saturated heterocycles. The number of hydrogen-bond acceptors (Lipinski definition) is 5. The maximum absolute atomic E-state index is 12.0. The summed E-state index contributed by atoms with van der Waals surface area (Å²) in [6.07, 6.45) is 1.19. The van der Waals surface area contributed by atoms with E-state index in [1.165, 1.54) is 0 Å². The van der Waals surface area contributed by atoms with Gasteiger partial charge < -0.3 is 20.1 Å². The smallest absolute Gasteiger partial charge is 0.326 e. The molecule has 2 heterocycles. The molecule has 1 fully saturated rings. The number of carbonyl (C=O) groups excluding carboxylic acids is 1. The van der Waals surface area contributed by atoms with Crippen molar-refractivity contribution in [3.05, 3.63) is 28.4 Å². The Kier molecular flexibility index (Phi) is 3.11. The van der Waals surface area contributed by atoms with Crippen LogP contribution in [-0.4, -0.2) is 55.6 Å². The zero-order valence-corrected chi connectivity index (χ0v) is 9.24. The normalized spacial score (nSPS) is 23.1. The zero-order valence-electron chi connectivity index (χ0n) is 9.24. The predicted octanol–water partition coefficient (Wildman–Crippen LogP) is -1.57. The van der Waals surface area contributed by atoms with Crippen molar-refractivity contribution in [3.8, 4) is 0 Å². The number of hydrogen-bond donors (Lipinski definition) is 3. The number of H-pyrrole nitrogens is 1. The minimum absolute atomic E-state index is 0.00950.